The molecule has 0 aliphatic carbocycles. The Balaban J connectivity index is 1.76. The van der Waals surface area contributed by atoms with Crippen LogP contribution in [-0.2, 0) is 19.1 Å². The van der Waals surface area contributed by atoms with Crippen molar-refractivity contribution in [3.05, 3.63) is 52.0 Å². The van der Waals surface area contributed by atoms with E-state index in [4.69, 9.17) is 13.9 Å². The Hall–Kier alpha value is -2.82. The maximum Gasteiger partial charge on any atom is 0.331 e. The number of methoxy groups -OCH3 is 1. The number of hydrogen-bond acceptors (Lipinski definition) is 6. The number of furan rings is 1. The summed E-state index contributed by atoms with van der Waals surface area (Å²) in [6, 6.07) is 10.3. The summed E-state index contributed by atoms with van der Waals surface area (Å²) in [6.07, 6.45) is 2.61. The Bertz CT molecular complexity index is 877. The number of esters is 1. The van der Waals surface area contributed by atoms with Gasteiger partial charge in [-0.15, -0.1) is 0 Å². The van der Waals surface area contributed by atoms with E-state index >= 15 is 0 Å². The molecule has 0 atom stereocenters. The molecule has 2 rings (SSSR count). The van der Waals surface area contributed by atoms with Crippen LogP contribution in [0.3, 0.4) is 0 Å². The Morgan fingerprint density at radius 3 is 2.71 bits per heavy atom. The fourth-order valence-corrected chi connectivity index (χ4v) is 2.50. The van der Waals surface area contributed by atoms with Crippen molar-refractivity contribution in [1.29, 1.82) is 0 Å². The van der Waals surface area contributed by atoms with Crippen LogP contribution in [0.2, 0.25) is 0 Å². The third-order valence-corrected chi connectivity index (χ3v) is 4.06. The number of carbonyl (C=O) groups is 3. The zero-order valence-electron chi connectivity index (χ0n) is 15.3. The molecular weight excluding hydrogens is 479 g/mol. The number of ether oxygens (including phenoxy) is 2. The molecule has 0 unspecified atom stereocenters. The van der Waals surface area contributed by atoms with E-state index in [2.05, 4.69) is 5.32 Å². The zero-order chi connectivity index (χ0) is 20.5. The molecular formula is C19H19IN2O6. The van der Waals surface area contributed by atoms with Crippen molar-refractivity contribution in [2.24, 2.45) is 0 Å². The highest BCUT2D eigenvalue weighted by molar-refractivity contribution is 14.1. The van der Waals surface area contributed by atoms with E-state index in [9.17, 15) is 14.4 Å². The van der Waals surface area contributed by atoms with Crippen LogP contribution in [0.25, 0.3) is 6.08 Å². The van der Waals surface area contributed by atoms with Gasteiger partial charge >= 0.3 is 5.97 Å². The van der Waals surface area contributed by atoms with Gasteiger partial charge in [0.1, 0.15) is 11.5 Å². The number of nitrogens with zero attached hydrogens (tertiary/aromatic N) is 1. The van der Waals surface area contributed by atoms with Crippen LogP contribution in [0.4, 0.5) is 5.69 Å². The Kier molecular flexibility index (Phi) is 8.05. The lowest BCUT2D eigenvalue weighted by molar-refractivity contribution is -0.148. The van der Waals surface area contributed by atoms with Gasteiger partial charge in [-0.05, 0) is 52.9 Å². The molecule has 2 amide bonds. The standard InChI is InChI=1S/C19H19IN2O6/c1-22(11-17(23)21-13-4-3-5-15(10-13)26-2)18(24)12-27-19(25)9-7-14-6-8-16(20)28-14/h3-10H,11-12H2,1-2H3,(H,21,23)/b9-7+. The van der Waals surface area contributed by atoms with Gasteiger partial charge in [0, 0.05) is 24.9 Å². The summed E-state index contributed by atoms with van der Waals surface area (Å²) in [7, 11) is 2.97. The first-order valence-corrected chi connectivity index (χ1v) is 9.23. The first kappa shape index (κ1) is 21.5. The number of hydrogen-bond donors (Lipinski definition) is 1. The van der Waals surface area contributed by atoms with Crippen LogP contribution >= 0.6 is 22.6 Å². The van der Waals surface area contributed by atoms with Gasteiger partial charge < -0.3 is 24.1 Å². The average molecular weight is 498 g/mol. The number of benzene rings is 1. The minimum absolute atomic E-state index is 0.186. The molecule has 0 bridgehead atoms. The molecule has 0 fully saturated rings. The van der Waals surface area contributed by atoms with E-state index in [-0.39, 0.29) is 12.5 Å². The van der Waals surface area contributed by atoms with Gasteiger partial charge in [0.05, 0.1) is 13.7 Å². The fraction of sp³-hybridized carbons (Fsp3) is 0.211. The Morgan fingerprint density at radius 2 is 2.04 bits per heavy atom. The maximum absolute atomic E-state index is 12.1. The highest BCUT2D eigenvalue weighted by Gasteiger charge is 2.15. The van der Waals surface area contributed by atoms with Crippen LogP contribution in [0.15, 0.2) is 46.9 Å². The lowest BCUT2D eigenvalue weighted by Gasteiger charge is -2.16. The number of amides is 2. The molecule has 8 nitrogen and oxygen atoms in total. The number of rotatable bonds is 8. The van der Waals surface area contributed by atoms with Gasteiger partial charge in [-0.25, -0.2) is 4.79 Å². The van der Waals surface area contributed by atoms with Crippen molar-refractivity contribution >= 4 is 52.1 Å². The van der Waals surface area contributed by atoms with Gasteiger partial charge in [-0.1, -0.05) is 6.07 Å². The van der Waals surface area contributed by atoms with Gasteiger partial charge in [0.25, 0.3) is 5.91 Å². The van der Waals surface area contributed by atoms with Crippen LogP contribution in [0, 0.1) is 3.77 Å². The van der Waals surface area contributed by atoms with Gasteiger partial charge in [-0.2, -0.15) is 0 Å². The number of nitrogens with one attached hydrogen (secondary N) is 1. The normalized spacial score (nSPS) is 10.5. The van der Waals surface area contributed by atoms with Crippen molar-refractivity contribution in [2.45, 2.75) is 0 Å². The highest BCUT2D eigenvalue weighted by Crippen LogP contribution is 2.16. The van der Waals surface area contributed by atoms with Crippen LogP contribution in [0.5, 0.6) is 5.75 Å². The van der Waals surface area contributed by atoms with Crippen molar-refractivity contribution < 1.29 is 28.3 Å². The first-order chi connectivity index (χ1) is 13.4. The van der Waals surface area contributed by atoms with Crippen molar-refractivity contribution in [3.63, 3.8) is 0 Å². The van der Waals surface area contributed by atoms with Gasteiger partial charge in [-0.3, -0.25) is 9.59 Å². The fourth-order valence-electron chi connectivity index (χ4n) is 2.06. The van der Waals surface area contributed by atoms with Crippen LogP contribution in [0.1, 0.15) is 5.76 Å². The minimum Gasteiger partial charge on any atom is -0.497 e. The average Bonchev–Trinajstić information content (AvgIpc) is 3.09. The predicted octanol–water partition coefficient (Wildman–Crippen LogP) is 2.55. The molecule has 1 N–H and O–H groups in total. The van der Waals surface area contributed by atoms with E-state index in [0.717, 1.165) is 6.08 Å². The second-order valence-electron chi connectivity index (χ2n) is 5.61. The lowest BCUT2D eigenvalue weighted by atomic mass is 10.3. The molecule has 0 saturated heterocycles. The van der Waals surface area contributed by atoms with Gasteiger partial charge in [0.15, 0.2) is 10.4 Å². The van der Waals surface area contributed by atoms with E-state index < -0.39 is 18.5 Å². The number of anilines is 1. The van der Waals surface area contributed by atoms with E-state index in [1.807, 2.05) is 22.6 Å². The monoisotopic (exact) mass is 498 g/mol. The van der Waals surface area contributed by atoms with Crippen molar-refractivity contribution in [1.82, 2.24) is 4.90 Å². The molecule has 0 aliphatic heterocycles. The SMILES string of the molecule is COc1cccc(NC(=O)CN(C)C(=O)COC(=O)/C=C/c2ccc(I)o2)c1. The summed E-state index contributed by atoms with van der Waals surface area (Å²) in [5.41, 5.74) is 0.550. The molecule has 2 aromatic rings. The largest absolute Gasteiger partial charge is 0.497 e. The quantitative estimate of drug-likeness (QED) is 0.342. The minimum atomic E-state index is -0.686. The highest BCUT2D eigenvalue weighted by atomic mass is 127. The molecule has 28 heavy (non-hydrogen) atoms. The van der Waals surface area contributed by atoms with Crippen molar-refractivity contribution in [3.8, 4) is 5.75 Å². The Labute approximate surface area is 175 Å². The lowest BCUT2D eigenvalue weighted by Crippen LogP contribution is -2.37. The molecule has 9 heteroatoms. The topological polar surface area (TPSA) is 98.1 Å². The smallest absolute Gasteiger partial charge is 0.331 e. The molecule has 0 radical (unpaired) electrons. The van der Waals surface area contributed by atoms with E-state index in [0.29, 0.717) is 21.0 Å². The first-order valence-electron chi connectivity index (χ1n) is 8.15. The predicted molar refractivity (Wildman–Crippen MR) is 111 cm³/mol. The third-order valence-electron chi connectivity index (χ3n) is 3.48. The van der Waals surface area contributed by atoms with E-state index in [1.165, 1.54) is 25.1 Å². The number of halogens is 1. The van der Waals surface area contributed by atoms with Crippen molar-refractivity contribution in [2.75, 3.05) is 32.6 Å². The molecule has 0 spiro atoms. The summed E-state index contributed by atoms with van der Waals surface area (Å²) in [4.78, 5) is 36.9. The zero-order valence-corrected chi connectivity index (χ0v) is 17.5. The number of carbonyl (C=O) groups excluding carboxylic acids is 3. The van der Waals surface area contributed by atoms with E-state index in [1.54, 1.807) is 36.4 Å². The third kappa shape index (κ3) is 7.06. The summed E-state index contributed by atoms with van der Waals surface area (Å²) in [6.45, 7) is -0.657. The van der Waals surface area contributed by atoms with Crippen LogP contribution < -0.4 is 10.1 Å². The summed E-state index contributed by atoms with van der Waals surface area (Å²) in [5, 5.41) is 2.66. The summed E-state index contributed by atoms with van der Waals surface area (Å²) in [5.74, 6) is -0.475. The second-order valence-corrected chi connectivity index (χ2v) is 6.68. The van der Waals surface area contributed by atoms with Gasteiger partial charge in [0.2, 0.25) is 5.91 Å². The molecule has 1 aromatic heterocycles. The Morgan fingerprint density at radius 1 is 1.25 bits per heavy atom. The summed E-state index contributed by atoms with van der Waals surface area (Å²) >= 11 is 2.00. The molecule has 0 aliphatic rings. The second kappa shape index (κ2) is 10.5. The maximum atomic E-state index is 12.1. The molecule has 1 heterocycles. The summed E-state index contributed by atoms with van der Waals surface area (Å²) < 4.78 is 15.9. The molecule has 148 valence electrons. The molecule has 0 saturated carbocycles. The number of likely N-dealkylation sites (N-methyl/N-ethyl adjacent to an activating group) is 1. The van der Waals surface area contributed by atoms with Crippen LogP contribution in [-0.4, -0.2) is 50.0 Å². The molecule has 1 aromatic carbocycles.